The molecule has 1 aliphatic heterocycles. The molecule has 2 heterocycles. The summed E-state index contributed by atoms with van der Waals surface area (Å²) in [5.41, 5.74) is 1.13. The number of nitrogens with one attached hydrogen (secondary N) is 1. The van der Waals surface area contributed by atoms with E-state index in [1.165, 1.54) is 0 Å². The smallest absolute Gasteiger partial charge is 0.137 e. The Labute approximate surface area is 109 Å². The van der Waals surface area contributed by atoms with E-state index in [0.717, 1.165) is 62.9 Å². The van der Waals surface area contributed by atoms with Crippen LogP contribution in [0.5, 0.6) is 0 Å². The Balaban J connectivity index is 2.15. The van der Waals surface area contributed by atoms with Crippen LogP contribution in [0.2, 0.25) is 0 Å². The molecule has 2 rings (SSSR count). The molecule has 1 aliphatic rings. The van der Waals surface area contributed by atoms with Gasteiger partial charge in [0.25, 0.3) is 0 Å². The van der Waals surface area contributed by atoms with Gasteiger partial charge in [-0.25, -0.2) is 9.97 Å². The molecule has 18 heavy (non-hydrogen) atoms. The van der Waals surface area contributed by atoms with Crippen LogP contribution in [0.25, 0.3) is 0 Å². The van der Waals surface area contributed by atoms with Gasteiger partial charge in [0.1, 0.15) is 18.0 Å². The van der Waals surface area contributed by atoms with E-state index in [9.17, 15) is 0 Å². The Kier molecular flexibility index (Phi) is 4.75. The third-order valence-electron chi connectivity index (χ3n) is 3.12. The Bertz CT molecular complexity index is 375. The quantitative estimate of drug-likeness (QED) is 0.883. The van der Waals surface area contributed by atoms with Crippen molar-refractivity contribution >= 4 is 11.6 Å². The minimum atomic E-state index is 0.779. The van der Waals surface area contributed by atoms with Gasteiger partial charge in [0.2, 0.25) is 0 Å². The standard InChI is InChI=1S/C13H22N4O/c1-3-5-14-12-11(2)13(16-10-15-12)17-6-4-8-18-9-7-17/h10H,3-9H2,1-2H3,(H,14,15,16). The van der Waals surface area contributed by atoms with Gasteiger partial charge in [-0.3, -0.25) is 0 Å². The fourth-order valence-corrected chi connectivity index (χ4v) is 2.14. The van der Waals surface area contributed by atoms with E-state index in [1.54, 1.807) is 6.33 Å². The predicted octanol–water partition coefficient (Wildman–Crippen LogP) is 1.83. The SMILES string of the molecule is CCCNc1ncnc(N2CCCOCC2)c1C. The molecule has 0 aliphatic carbocycles. The van der Waals surface area contributed by atoms with Crippen molar-refractivity contribution in [3.8, 4) is 0 Å². The molecule has 0 unspecified atom stereocenters. The van der Waals surface area contributed by atoms with Crippen LogP contribution in [-0.4, -0.2) is 42.8 Å². The zero-order valence-corrected chi connectivity index (χ0v) is 11.3. The van der Waals surface area contributed by atoms with Gasteiger partial charge in [-0.2, -0.15) is 0 Å². The second-order valence-corrected chi connectivity index (χ2v) is 4.55. The van der Waals surface area contributed by atoms with Crippen LogP contribution >= 0.6 is 0 Å². The lowest BCUT2D eigenvalue weighted by atomic mass is 10.2. The van der Waals surface area contributed by atoms with Crippen LogP contribution in [0.3, 0.4) is 0 Å². The molecule has 0 spiro atoms. The van der Waals surface area contributed by atoms with Crippen LogP contribution in [0.4, 0.5) is 11.6 Å². The monoisotopic (exact) mass is 250 g/mol. The van der Waals surface area contributed by atoms with Gasteiger partial charge in [-0.15, -0.1) is 0 Å². The highest BCUT2D eigenvalue weighted by atomic mass is 16.5. The molecule has 1 saturated heterocycles. The Hall–Kier alpha value is -1.36. The molecule has 1 aromatic heterocycles. The van der Waals surface area contributed by atoms with Crippen molar-refractivity contribution in [1.82, 2.24) is 9.97 Å². The molecule has 0 aromatic carbocycles. The number of hydrogen-bond donors (Lipinski definition) is 1. The van der Waals surface area contributed by atoms with E-state index in [4.69, 9.17) is 4.74 Å². The molecular weight excluding hydrogens is 228 g/mol. The third kappa shape index (κ3) is 3.10. The summed E-state index contributed by atoms with van der Waals surface area (Å²) in [6, 6.07) is 0. The average molecular weight is 250 g/mol. The minimum Gasteiger partial charge on any atom is -0.380 e. The molecular formula is C13H22N4O. The third-order valence-corrected chi connectivity index (χ3v) is 3.12. The maximum Gasteiger partial charge on any atom is 0.137 e. The first-order chi connectivity index (χ1) is 8.83. The number of anilines is 2. The fourth-order valence-electron chi connectivity index (χ4n) is 2.14. The van der Waals surface area contributed by atoms with Crippen LogP contribution in [0, 0.1) is 6.92 Å². The highest BCUT2D eigenvalue weighted by molar-refractivity contribution is 5.57. The van der Waals surface area contributed by atoms with E-state index < -0.39 is 0 Å². The summed E-state index contributed by atoms with van der Waals surface area (Å²) >= 11 is 0. The number of hydrogen-bond acceptors (Lipinski definition) is 5. The maximum absolute atomic E-state index is 5.48. The van der Waals surface area contributed by atoms with Gasteiger partial charge in [0.05, 0.1) is 6.61 Å². The van der Waals surface area contributed by atoms with Gasteiger partial charge in [-0.1, -0.05) is 6.92 Å². The zero-order valence-electron chi connectivity index (χ0n) is 11.3. The highest BCUT2D eigenvalue weighted by Gasteiger charge is 2.15. The van der Waals surface area contributed by atoms with Crippen molar-refractivity contribution in [2.45, 2.75) is 26.7 Å². The largest absolute Gasteiger partial charge is 0.380 e. The van der Waals surface area contributed by atoms with Crippen molar-refractivity contribution in [3.05, 3.63) is 11.9 Å². The van der Waals surface area contributed by atoms with Crippen molar-refractivity contribution < 1.29 is 4.74 Å². The van der Waals surface area contributed by atoms with Crippen LogP contribution < -0.4 is 10.2 Å². The molecule has 0 amide bonds. The summed E-state index contributed by atoms with van der Waals surface area (Å²) in [7, 11) is 0. The topological polar surface area (TPSA) is 50.3 Å². The highest BCUT2D eigenvalue weighted by Crippen LogP contribution is 2.22. The first-order valence-corrected chi connectivity index (χ1v) is 6.71. The molecule has 100 valence electrons. The van der Waals surface area contributed by atoms with Gasteiger partial charge >= 0.3 is 0 Å². The van der Waals surface area contributed by atoms with Gasteiger partial charge in [0, 0.05) is 31.8 Å². The number of rotatable bonds is 4. The predicted molar refractivity (Wildman–Crippen MR) is 73.2 cm³/mol. The van der Waals surface area contributed by atoms with Crippen molar-refractivity contribution in [3.63, 3.8) is 0 Å². The van der Waals surface area contributed by atoms with Crippen molar-refractivity contribution in [2.24, 2.45) is 0 Å². The Morgan fingerprint density at radius 3 is 3.06 bits per heavy atom. The summed E-state index contributed by atoms with van der Waals surface area (Å²) in [5, 5.41) is 3.35. The molecule has 0 atom stereocenters. The summed E-state index contributed by atoms with van der Waals surface area (Å²) in [6.45, 7) is 8.72. The molecule has 1 N–H and O–H groups in total. The molecule has 0 radical (unpaired) electrons. The lowest BCUT2D eigenvalue weighted by Crippen LogP contribution is -2.28. The molecule has 5 heteroatoms. The first kappa shape index (κ1) is 13.1. The number of aromatic nitrogens is 2. The average Bonchev–Trinajstić information content (AvgIpc) is 2.66. The van der Waals surface area contributed by atoms with Gasteiger partial charge in [0.15, 0.2) is 0 Å². The lowest BCUT2D eigenvalue weighted by Gasteiger charge is -2.23. The molecule has 5 nitrogen and oxygen atoms in total. The Morgan fingerprint density at radius 2 is 2.22 bits per heavy atom. The van der Waals surface area contributed by atoms with Gasteiger partial charge in [-0.05, 0) is 19.8 Å². The first-order valence-electron chi connectivity index (χ1n) is 6.71. The molecule has 0 bridgehead atoms. The van der Waals surface area contributed by atoms with Crippen LogP contribution in [-0.2, 0) is 4.74 Å². The fraction of sp³-hybridized carbons (Fsp3) is 0.692. The minimum absolute atomic E-state index is 0.779. The van der Waals surface area contributed by atoms with E-state index in [1.807, 2.05) is 0 Å². The molecule has 0 saturated carbocycles. The van der Waals surface area contributed by atoms with E-state index in [2.05, 4.69) is 34.0 Å². The molecule has 1 aromatic rings. The molecule has 1 fully saturated rings. The van der Waals surface area contributed by atoms with E-state index >= 15 is 0 Å². The maximum atomic E-state index is 5.48. The van der Waals surface area contributed by atoms with Gasteiger partial charge < -0.3 is 15.0 Å². The van der Waals surface area contributed by atoms with E-state index in [0.29, 0.717) is 0 Å². The second kappa shape index (κ2) is 6.54. The van der Waals surface area contributed by atoms with Crippen LogP contribution in [0.15, 0.2) is 6.33 Å². The number of ether oxygens (including phenoxy) is 1. The summed E-state index contributed by atoms with van der Waals surface area (Å²) in [4.78, 5) is 11.0. The second-order valence-electron chi connectivity index (χ2n) is 4.55. The van der Waals surface area contributed by atoms with Crippen LogP contribution in [0.1, 0.15) is 25.3 Å². The number of nitrogens with zero attached hydrogens (tertiary/aromatic N) is 3. The lowest BCUT2D eigenvalue weighted by molar-refractivity contribution is 0.152. The Morgan fingerprint density at radius 1 is 1.33 bits per heavy atom. The normalized spacial score (nSPS) is 16.4. The summed E-state index contributed by atoms with van der Waals surface area (Å²) in [5.74, 6) is 1.99. The zero-order chi connectivity index (χ0) is 12.8. The summed E-state index contributed by atoms with van der Waals surface area (Å²) < 4.78 is 5.48. The summed E-state index contributed by atoms with van der Waals surface area (Å²) in [6.07, 6.45) is 3.80. The van der Waals surface area contributed by atoms with Crippen molar-refractivity contribution in [2.75, 3.05) is 43.1 Å². The van der Waals surface area contributed by atoms with Crippen molar-refractivity contribution in [1.29, 1.82) is 0 Å². The van der Waals surface area contributed by atoms with E-state index in [-0.39, 0.29) is 0 Å².